The van der Waals surface area contributed by atoms with E-state index >= 15 is 0 Å². The quantitative estimate of drug-likeness (QED) is 0.726. The monoisotopic (exact) mass is 318 g/mol. The molecule has 0 saturated heterocycles. The van der Waals surface area contributed by atoms with Crippen molar-refractivity contribution in [3.63, 3.8) is 0 Å². The normalized spacial score (nSPS) is 11.0. The highest BCUT2D eigenvalue weighted by molar-refractivity contribution is 7.98. The van der Waals surface area contributed by atoms with Crippen molar-refractivity contribution < 1.29 is 4.42 Å². The minimum absolute atomic E-state index is 0.167. The zero-order valence-electron chi connectivity index (χ0n) is 12.3. The highest BCUT2D eigenvalue weighted by Gasteiger charge is 2.14. The predicted molar refractivity (Wildman–Crippen MR) is 80.4 cm³/mol. The Kier molecular flexibility index (Phi) is 3.80. The standard InChI is InChI=1S/C13H14N6O2S/c1-7-5-11(20)15-10(14-7)6-22-13-17-16-12(21-13)9-4-8(2)18-19(9)3/h4-5H,6H2,1-3H3,(H,14,15,20). The van der Waals surface area contributed by atoms with Gasteiger partial charge in [-0.2, -0.15) is 5.10 Å². The maximum absolute atomic E-state index is 11.4. The number of aromatic amines is 1. The molecule has 3 heterocycles. The molecular formula is C13H14N6O2S. The second-order valence-corrected chi connectivity index (χ2v) is 5.72. The maximum Gasteiger partial charge on any atom is 0.277 e. The number of rotatable bonds is 4. The fourth-order valence-electron chi connectivity index (χ4n) is 2.02. The highest BCUT2D eigenvalue weighted by atomic mass is 32.2. The molecule has 0 bridgehead atoms. The Labute approximate surface area is 130 Å². The van der Waals surface area contributed by atoms with Crippen LogP contribution in [-0.4, -0.2) is 29.9 Å². The van der Waals surface area contributed by atoms with E-state index in [9.17, 15) is 4.79 Å². The van der Waals surface area contributed by atoms with Gasteiger partial charge in [0.2, 0.25) is 0 Å². The zero-order valence-corrected chi connectivity index (χ0v) is 13.1. The second kappa shape index (κ2) is 5.76. The third-order valence-corrected chi connectivity index (χ3v) is 3.71. The number of H-pyrrole nitrogens is 1. The first-order valence-corrected chi connectivity index (χ1v) is 7.54. The van der Waals surface area contributed by atoms with Crippen molar-refractivity contribution in [2.24, 2.45) is 7.05 Å². The molecule has 1 N–H and O–H groups in total. The van der Waals surface area contributed by atoms with Crippen LogP contribution in [-0.2, 0) is 12.8 Å². The summed E-state index contributed by atoms with van der Waals surface area (Å²) in [5.41, 5.74) is 2.15. The van der Waals surface area contributed by atoms with Gasteiger partial charge in [-0.1, -0.05) is 11.8 Å². The summed E-state index contributed by atoms with van der Waals surface area (Å²) in [5, 5.41) is 12.7. The van der Waals surface area contributed by atoms with E-state index < -0.39 is 0 Å². The fraction of sp³-hybridized carbons (Fsp3) is 0.308. The molecule has 0 amide bonds. The van der Waals surface area contributed by atoms with Gasteiger partial charge < -0.3 is 9.40 Å². The van der Waals surface area contributed by atoms with Crippen LogP contribution in [0.15, 0.2) is 26.6 Å². The van der Waals surface area contributed by atoms with Crippen molar-refractivity contribution in [1.29, 1.82) is 0 Å². The third kappa shape index (κ3) is 3.08. The number of nitrogens with zero attached hydrogens (tertiary/aromatic N) is 5. The summed E-state index contributed by atoms with van der Waals surface area (Å²) < 4.78 is 7.30. The lowest BCUT2D eigenvalue weighted by Crippen LogP contribution is -2.10. The number of aryl methyl sites for hydroxylation is 3. The summed E-state index contributed by atoms with van der Waals surface area (Å²) in [6, 6.07) is 3.32. The first-order valence-electron chi connectivity index (χ1n) is 6.55. The van der Waals surface area contributed by atoms with Crippen LogP contribution < -0.4 is 5.56 Å². The Morgan fingerprint density at radius 3 is 2.77 bits per heavy atom. The summed E-state index contributed by atoms with van der Waals surface area (Å²) in [6.07, 6.45) is 0. The Morgan fingerprint density at radius 2 is 2.09 bits per heavy atom. The predicted octanol–water partition coefficient (Wildman–Crippen LogP) is 1.46. The molecule has 0 aliphatic heterocycles. The molecule has 114 valence electrons. The maximum atomic E-state index is 11.4. The van der Waals surface area contributed by atoms with Crippen molar-refractivity contribution in [2.45, 2.75) is 24.8 Å². The minimum Gasteiger partial charge on any atom is -0.410 e. The molecule has 0 aromatic carbocycles. The van der Waals surface area contributed by atoms with E-state index in [-0.39, 0.29) is 5.56 Å². The molecule has 0 fully saturated rings. The van der Waals surface area contributed by atoms with Crippen LogP contribution in [0.4, 0.5) is 0 Å². The molecular weight excluding hydrogens is 304 g/mol. The van der Waals surface area contributed by atoms with Gasteiger partial charge in [-0.05, 0) is 19.9 Å². The van der Waals surface area contributed by atoms with E-state index in [2.05, 4.69) is 25.3 Å². The summed E-state index contributed by atoms with van der Waals surface area (Å²) in [4.78, 5) is 18.3. The summed E-state index contributed by atoms with van der Waals surface area (Å²) in [7, 11) is 1.82. The number of nitrogens with one attached hydrogen (secondary N) is 1. The van der Waals surface area contributed by atoms with Gasteiger partial charge in [-0.25, -0.2) is 4.98 Å². The van der Waals surface area contributed by atoms with Crippen LogP contribution in [0.3, 0.4) is 0 Å². The van der Waals surface area contributed by atoms with Gasteiger partial charge in [0.05, 0.1) is 11.4 Å². The smallest absolute Gasteiger partial charge is 0.277 e. The minimum atomic E-state index is -0.167. The molecule has 3 aromatic rings. The van der Waals surface area contributed by atoms with Crippen LogP contribution in [0.5, 0.6) is 0 Å². The van der Waals surface area contributed by atoms with Crippen LogP contribution in [0.25, 0.3) is 11.6 Å². The van der Waals surface area contributed by atoms with Crippen LogP contribution >= 0.6 is 11.8 Å². The lowest BCUT2D eigenvalue weighted by molar-refractivity contribution is 0.461. The van der Waals surface area contributed by atoms with Gasteiger partial charge in [-0.15, -0.1) is 10.2 Å². The summed E-state index contributed by atoms with van der Waals surface area (Å²) in [5.74, 6) is 1.44. The van der Waals surface area contributed by atoms with Crippen molar-refractivity contribution in [3.8, 4) is 11.6 Å². The molecule has 0 unspecified atom stereocenters. The van der Waals surface area contributed by atoms with E-state index in [1.165, 1.54) is 17.8 Å². The summed E-state index contributed by atoms with van der Waals surface area (Å²) in [6.45, 7) is 3.67. The molecule has 22 heavy (non-hydrogen) atoms. The largest absolute Gasteiger partial charge is 0.410 e. The van der Waals surface area contributed by atoms with E-state index in [0.717, 1.165) is 11.4 Å². The van der Waals surface area contributed by atoms with Crippen molar-refractivity contribution >= 4 is 11.8 Å². The van der Waals surface area contributed by atoms with Crippen LogP contribution in [0, 0.1) is 13.8 Å². The highest BCUT2D eigenvalue weighted by Crippen LogP contribution is 2.24. The fourth-order valence-corrected chi connectivity index (χ4v) is 2.66. The molecule has 0 spiro atoms. The van der Waals surface area contributed by atoms with Gasteiger partial charge in [0.25, 0.3) is 16.7 Å². The van der Waals surface area contributed by atoms with Crippen molar-refractivity contribution in [1.82, 2.24) is 29.9 Å². The Balaban J connectivity index is 1.74. The average molecular weight is 318 g/mol. The van der Waals surface area contributed by atoms with Crippen molar-refractivity contribution in [2.75, 3.05) is 0 Å². The molecule has 0 aliphatic rings. The van der Waals surface area contributed by atoms with Gasteiger partial charge in [0.1, 0.15) is 11.5 Å². The number of hydrogen-bond donors (Lipinski definition) is 1. The van der Waals surface area contributed by atoms with E-state index in [0.29, 0.717) is 28.4 Å². The van der Waals surface area contributed by atoms with E-state index in [4.69, 9.17) is 4.42 Å². The number of thioether (sulfide) groups is 1. The average Bonchev–Trinajstić information content (AvgIpc) is 3.01. The van der Waals surface area contributed by atoms with E-state index in [1.54, 1.807) is 11.6 Å². The molecule has 3 rings (SSSR count). The topological polar surface area (TPSA) is 102 Å². The molecule has 0 atom stereocenters. The van der Waals surface area contributed by atoms with E-state index in [1.807, 2.05) is 20.0 Å². The Morgan fingerprint density at radius 1 is 1.27 bits per heavy atom. The van der Waals surface area contributed by atoms with Crippen LogP contribution in [0.2, 0.25) is 0 Å². The first kappa shape index (κ1) is 14.5. The molecule has 0 aliphatic carbocycles. The number of aromatic nitrogens is 6. The molecule has 0 saturated carbocycles. The molecule has 8 nitrogen and oxygen atoms in total. The van der Waals surface area contributed by atoms with Gasteiger partial charge in [0, 0.05) is 18.8 Å². The molecule has 9 heteroatoms. The Bertz CT molecular complexity index is 866. The second-order valence-electron chi connectivity index (χ2n) is 4.79. The molecule has 3 aromatic heterocycles. The van der Waals surface area contributed by atoms with Crippen LogP contribution in [0.1, 0.15) is 17.2 Å². The lowest BCUT2D eigenvalue weighted by Gasteiger charge is -1.98. The molecule has 0 radical (unpaired) electrons. The SMILES string of the molecule is Cc1cc(=O)[nH]c(CSc2nnc(-c3cc(C)nn3C)o2)n1. The Hall–Kier alpha value is -2.42. The first-order chi connectivity index (χ1) is 10.5. The van der Waals surface area contributed by atoms with Gasteiger partial charge in [-0.3, -0.25) is 9.48 Å². The lowest BCUT2D eigenvalue weighted by atomic mass is 10.4. The number of hydrogen-bond acceptors (Lipinski definition) is 7. The van der Waals surface area contributed by atoms with Gasteiger partial charge in [0.15, 0.2) is 0 Å². The third-order valence-electron chi connectivity index (χ3n) is 2.88. The van der Waals surface area contributed by atoms with Gasteiger partial charge >= 0.3 is 0 Å². The zero-order chi connectivity index (χ0) is 15.7. The van der Waals surface area contributed by atoms with Crippen molar-refractivity contribution in [3.05, 3.63) is 39.7 Å². The summed E-state index contributed by atoms with van der Waals surface area (Å²) >= 11 is 1.32.